The maximum absolute atomic E-state index is 12.4. The molecule has 1 aliphatic heterocycles. The summed E-state index contributed by atoms with van der Waals surface area (Å²) in [6.45, 7) is 9.51. The molecule has 4 nitrogen and oxygen atoms in total. The Morgan fingerprint density at radius 3 is 2.35 bits per heavy atom. The SMILES string of the molecule is [C-]#[N+]c1ccc(CN2CCN(c3ccc(Br)cc3)CC2=O)cc1. The van der Waals surface area contributed by atoms with Crippen LogP contribution in [0.2, 0.25) is 0 Å². The van der Waals surface area contributed by atoms with E-state index in [9.17, 15) is 4.79 Å². The van der Waals surface area contributed by atoms with Crippen LogP contribution in [0, 0.1) is 6.57 Å². The highest BCUT2D eigenvalue weighted by Gasteiger charge is 2.24. The van der Waals surface area contributed by atoms with Crippen molar-refractivity contribution in [3.63, 3.8) is 0 Å². The number of amides is 1. The summed E-state index contributed by atoms with van der Waals surface area (Å²) in [4.78, 5) is 19.8. The second kappa shape index (κ2) is 6.84. The molecule has 0 unspecified atom stereocenters. The minimum atomic E-state index is 0.133. The third kappa shape index (κ3) is 3.72. The lowest BCUT2D eigenvalue weighted by Gasteiger charge is -2.35. The summed E-state index contributed by atoms with van der Waals surface area (Å²) >= 11 is 3.43. The van der Waals surface area contributed by atoms with Crippen LogP contribution in [0.1, 0.15) is 5.56 Å². The van der Waals surface area contributed by atoms with Gasteiger partial charge >= 0.3 is 0 Å². The molecule has 0 saturated carbocycles. The number of carbonyl (C=O) groups excluding carboxylic acids is 1. The van der Waals surface area contributed by atoms with E-state index in [0.29, 0.717) is 25.3 Å². The molecule has 0 N–H and O–H groups in total. The maximum atomic E-state index is 12.4. The van der Waals surface area contributed by atoms with Gasteiger partial charge in [0.2, 0.25) is 5.91 Å². The van der Waals surface area contributed by atoms with Crippen LogP contribution in [0.15, 0.2) is 53.0 Å². The predicted molar refractivity (Wildman–Crippen MR) is 94.5 cm³/mol. The highest BCUT2D eigenvalue weighted by Crippen LogP contribution is 2.21. The molecule has 0 aromatic heterocycles. The quantitative estimate of drug-likeness (QED) is 0.768. The van der Waals surface area contributed by atoms with Gasteiger partial charge in [0, 0.05) is 29.8 Å². The Hall–Kier alpha value is -2.32. The molecule has 1 aliphatic rings. The number of hydrogen-bond donors (Lipinski definition) is 0. The van der Waals surface area contributed by atoms with Crippen LogP contribution in [0.3, 0.4) is 0 Å². The van der Waals surface area contributed by atoms with Gasteiger partial charge in [-0.25, -0.2) is 4.85 Å². The second-order valence-electron chi connectivity index (χ2n) is 5.49. The number of piperazine rings is 1. The molecule has 0 bridgehead atoms. The van der Waals surface area contributed by atoms with Crippen LogP contribution >= 0.6 is 15.9 Å². The van der Waals surface area contributed by atoms with Gasteiger partial charge in [-0.05, 0) is 29.8 Å². The lowest BCUT2D eigenvalue weighted by Crippen LogP contribution is -2.50. The minimum absolute atomic E-state index is 0.133. The molecule has 0 spiro atoms. The molecular formula is C18H16BrN3O. The lowest BCUT2D eigenvalue weighted by molar-refractivity contribution is -0.131. The van der Waals surface area contributed by atoms with Gasteiger partial charge < -0.3 is 9.80 Å². The van der Waals surface area contributed by atoms with E-state index in [4.69, 9.17) is 6.57 Å². The van der Waals surface area contributed by atoms with Crippen molar-refractivity contribution < 1.29 is 4.79 Å². The van der Waals surface area contributed by atoms with Crippen molar-refractivity contribution in [1.29, 1.82) is 0 Å². The standard InChI is InChI=1S/C18H16BrN3O/c1-20-16-6-2-14(3-7-16)12-22-11-10-21(13-18(22)23)17-8-4-15(19)5-9-17/h2-9H,10-13H2. The smallest absolute Gasteiger partial charge is 0.242 e. The number of rotatable bonds is 3. The zero-order valence-corrected chi connectivity index (χ0v) is 14.2. The average Bonchev–Trinajstić information content (AvgIpc) is 2.58. The number of nitrogens with zero attached hydrogens (tertiary/aromatic N) is 3. The zero-order chi connectivity index (χ0) is 16.2. The molecule has 5 heteroatoms. The molecule has 23 heavy (non-hydrogen) atoms. The van der Waals surface area contributed by atoms with Crippen molar-refractivity contribution in [2.75, 3.05) is 24.5 Å². The van der Waals surface area contributed by atoms with E-state index >= 15 is 0 Å². The van der Waals surface area contributed by atoms with Gasteiger partial charge in [-0.3, -0.25) is 4.79 Å². The maximum Gasteiger partial charge on any atom is 0.242 e. The van der Waals surface area contributed by atoms with Crippen LogP contribution in [-0.4, -0.2) is 30.4 Å². The Kier molecular flexibility index (Phi) is 4.63. The van der Waals surface area contributed by atoms with Crippen LogP contribution < -0.4 is 4.90 Å². The molecule has 1 amide bonds. The number of hydrogen-bond acceptors (Lipinski definition) is 2. The van der Waals surface area contributed by atoms with Crippen molar-refractivity contribution in [2.24, 2.45) is 0 Å². The Balaban J connectivity index is 1.63. The Morgan fingerprint density at radius 1 is 1.04 bits per heavy atom. The summed E-state index contributed by atoms with van der Waals surface area (Å²) in [6.07, 6.45) is 0. The number of anilines is 1. The summed E-state index contributed by atoms with van der Waals surface area (Å²) < 4.78 is 1.04. The van der Waals surface area contributed by atoms with E-state index < -0.39 is 0 Å². The Morgan fingerprint density at radius 2 is 1.74 bits per heavy atom. The van der Waals surface area contributed by atoms with Crippen molar-refractivity contribution in [3.05, 3.63) is 70.0 Å². The molecule has 2 aromatic rings. The highest BCUT2D eigenvalue weighted by molar-refractivity contribution is 9.10. The minimum Gasteiger partial charge on any atom is -0.360 e. The molecule has 3 rings (SSSR count). The van der Waals surface area contributed by atoms with Gasteiger partial charge in [0.15, 0.2) is 5.69 Å². The van der Waals surface area contributed by atoms with Gasteiger partial charge in [0.1, 0.15) is 0 Å². The fourth-order valence-electron chi connectivity index (χ4n) is 2.64. The van der Waals surface area contributed by atoms with Gasteiger partial charge in [-0.2, -0.15) is 0 Å². The van der Waals surface area contributed by atoms with Crippen LogP contribution in [-0.2, 0) is 11.3 Å². The fourth-order valence-corrected chi connectivity index (χ4v) is 2.91. The van der Waals surface area contributed by atoms with Crippen molar-refractivity contribution in [3.8, 4) is 0 Å². The molecular weight excluding hydrogens is 354 g/mol. The summed E-state index contributed by atoms with van der Waals surface area (Å²) in [6, 6.07) is 15.5. The van der Waals surface area contributed by atoms with E-state index in [-0.39, 0.29) is 5.91 Å². The zero-order valence-electron chi connectivity index (χ0n) is 12.6. The first-order chi connectivity index (χ1) is 11.2. The molecule has 2 aromatic carbocycles. The third-order valence-corrected chi connectivity index (χ3v) is 4.48. The van der Waals surface area contributed by atoms with E-state index in [1.54, 1.807) is 12.1 Å². The van der Waals surface area contributed by atoms with Gasteiger partial charge in [-0.1, -0.05) is 40.2 Å². The average molecular weight is 370 g/mol. The van der Waals surface area contributed by atoms with E-state index in [0.717, 1.165) is 22.3 Å². The van der Waals surface area contributed by atoms with Crippen molar-refractivity contribution in [2.45, 2.75) is 6.54 Å². The highest BCUT2D eigenvalue weighted by atomic mass is 79.9. The largest absolute Gasteiger partial charge is 0.360 e. The van der Waals surface area contributed by atoms with Gasteiger partial charge in [-0.15, -0.1) is 0 Å². The Bertz CT molecular complexity index is 734. The fraction of sp³-hybridized carbons (Fsp3) is 0.222. The van der Waals surface area contributed by atoms with E-state index in [2.05, 4.69) is 25.7 Å². The van der Waals surface area contributed by atoms with E-state index in [1.807, 2.05) is 41.3 Å². The molecule has 1 saturated heterocycles. The van der Waals surface area contributed by atoms with Crippen LogP contribution in [0.5, 0.6) is 0 Å². The molecule has 0 aliphatic carbocycles. The second-order valence-corrected chi connectivity index (χ2v) is 6.41. The van der Waals surface area contributed by atoms with Gasteiger partial charge in [0.05, 0.1) is 13.1 Å². The summed E-state index contributed by atoms with van der Waals surface area (Å²) in [5.74, 6) is 0.133. The molecule has 0 atom stereocenters. The van der Waals surface area contributed by atoms with Crippen molar-refractivity contribution in [1.82, 2.24) is 4.90 Å². The van der Waals surface area contributed by atoms with Gasteiger partial charge in [0.25, 0.3) is 0 Å². The first-order valence-electron chi connectivity index (χ1n) is 7.40. The third-order valence-electron chi connectivity index (χ3n) is 3.95. The summed E-state index contributed by atoms with van der Waals surface area (Å²) in [5.41, 5.74) is 2.76. The first-order valence-corrected chi connectivity index (χ1v) is 8.20. The van der Waals surface area contributed by atoms with Crippen LogP contribution in [0.25, 0.3) is 4.85 Å². The number of carbonyl (C=O) groups is 1. The monoisotopic (exact) mass is 369 g/mol. The first kappa shape index (κ1) is 15.6. The summed E-state index contributed by atoms with van der Waals surface area (Å²) in [7, 11) is 0. The van der Waals surface area contributed by atoms with E-state index in [1.165, 1.54) is 0 Å². The molecule has 0 radical (unpaired) electrons. The number of halogens is 1. The molecule has 116 valence electrons. The number of benzene rings is 2. The Labute approximate surface area is 144 Å². The predicted octanol–water partition coefficient (Wildman–Crippen LogP) is 3.85. The normalized spacial score (nSPS) is 14.7. The van der Waals surface area contributed by atoms with Crippen LogP contribution in [0.4, 0.5) is 11.4 Å². The van der Waals surface area contributed by atoms with Crippen molar-refractivity contribution >= 4 is 33.2 Å². The molecule has 1 fully saturated rings. The lowest BCUT2D eigenvalue weighted by atomic mass is 10.1. The summed E-state index contributed by atoms with van der Waals surface area (Å²) in [5, 5.41) is 0. The molecule has 1 heterocycles. The topological polar surface area (TPSA) is 27.9 Å².